The van der Waals surface area contributed by atoms with Gasteiger partial charge in [-0.1, -0.05) is 83.1 Å². The van der Waals surface area contributed by atoms with Crippen molar-refractivity contribution in [2.24, 2.45) is 0 Å². The van der Waals surface area contributed by atoms with E-state index in [2.05, 4.69) is 102 Å². The first-order valence-corrected chi connectivity index (χ1v) is 10.1. The molecule has 0 saturated carbocycles. The minimum Gasteiger partial charge on any atom is -0.365 e. The van der Waals surface area contributed by atoms with E-state index in [1.54, 1.807) is 0 Å². The van der Waals surface area contributed by atoms with E-state index >= 15 is 0 Å². The van der Waals surface area contributed by atoms with Gasteiger partial charge >= 0.3 is 0 Å². The summed E-state index contributed by atoms with van der Waals surface area (Å²) in [6.45, 7) is 17.6. The van der Waals surface area contributed by atoms with Crippen LogP contribution in [0.15, 0.2) is 48.5 Å². The van der Waals surface area contributed by atoms with Gasteiger partial charge in [-0.05, 0) is 48.8 Å². The smallest absolute Gasteiger partial charge is 0.0441 e. The van der Waals surface area contributed by atoms with E-state index in [1.807, 2.05) is 0 Å². The lowest BCUT2D eigenvalue weighted by molar-refractivity contribution is 0.444. The number of hydrogen-bond donors (Lipinski definition) is 0. The van der Waals surface area contributed by atoms with Crippen LogP contribution < -0.4 is 4.90 Å². The van der Waals surface area contributed by atoms with Crippen molar-refractivity contribution in [3.63, 3.8) is 0 Å². The number of benzene rings is 2. The number of hydrogen-bond acceptors (Lipinski definition) is 1. The van der Waals surface area contributed by atoms with Crippen LogP contribution >= 0.6 is 0 Å². The number of para-hydroxylation sites is 1. The summed E-state index contributed by atoms with van der Waals surface area (Å²) in [5.41, 5.74) is 6.25. The molecule has 3 rings (SSSR count). The van der Waals surface area contributed by atoms with Gasteiger partial charge in [-0.25, -0.2) is 0 Å². The summed E-state index contributed by atoms with van der Waals surface area (Å²) in [6.07, 6.45) is 1.17. The topological polar surface area (TPSA) is 3.24 Å². The van der Waals surface area contributed by atoms with Crippen LogP contribution in [0.5, 0.6) is 0 Å². The van der Waals surface area contributed by atoms with Gasteiger partial charge in [-0.15, -0.1) is 0 Å². The van der Waals surface area contributed by atoms with E-state index in [9.17, 15) is 0 Å². The molecule has 1 aliphatic heterocycles. The van der Waals surface area contributed by atoms with E-state index < -0.39 is 0 Å². The van der Waals surface area contributed by atoms with Gasteiger partial charge in [0.25, 0.3) is 0 Å². The van der Waals surface area contributed by atoms with Crippen molar-refractivity contribution in [1.82, 2.24) is 0 Å². The zero-order valence-corrected chi connectivity index (χ0v) is 17.6. The van der Waals surface area contributed by atoms with Gasteiger partial charge < -0.3 is 4.90 Å². The van der Waals surface area contributed by atoms with Gasteiger partial charge in [0.05, 0.1) is 0 Å². The summed E-state index contributed by atoms with van der Waals surface area (Å²) in [5.74, 6) is 1.06. The molecule has 0 aliphatic carbocycles. The standard InChI is InChI=1S/C25H35N/c1-18(2)21-14-11-15-22(19(3)4)23(21)26-17-25(7,16-24(26,5)6)20-12-9-8-10-13-20/h8-15,18-19H,16-17H2,1-7H3/t25-/m1/s1. The molecule has 1 nitrogen and oxygen atoms in total. The van der Waals surface area contributed by atoms with Gasteiger partial charge in [0.15, 0.2) is 0 Å². The highest BCUT2D eigenvalue weighted by Gasteiger charge is 2.47. The predicted octanol–water partition coefficient (Wildman–Crippen LogP) is 6.88. The lowest BCUT2D eigenvalue weighted by Gasteiger charge is -2.38. The molecule has 0 bridgehead atoms. The molecule has 0 spiro atoms. The molecular weight excluding hydrogens is 314 g/mol. The van der Waals surface area contributed by atoms with Crippen molar-refractivity contribution < 1.29 is 0 Å². The Kier molecular flexibility index (Phi) is 4.94. The molecule has 1 aliphatic rings. The quantitative estimate of drug-likeness (QED) is 0.581. The molecule has 0 unspecified atom stereocenters. The Bertz CT molecular complexity index is 731. The first kappa shape index (κ1) is 19.0. The van der Waals surface area contributed by atoms with Gasteiger partial charge in [0.2, 0.25) is 0 Å². The van der Waals surface area contributed by atoms with Crippen molar-refractivity contribution in [3.05, 3.63) is 65.2 Å². The largest absolute Gasteiger partial charge is 0.365 e. The second-order valence-electron chi connectivity index (χ2n) is 9.60. The van der Waals surface area contributed by atoms with Crippen LogP contribution in [0, 0.1) is 0 Å². The van der Waals surface area contributed by atoms with Crippen molar-refractivity contribution in [1.29, 1.82) is 0 Å². The van der Waals surface area contributed by atoms with Gasteiger partial charge in [-0.3, -0.25) is 0 Å². The van der Waals surface area contributed by atoms with Crippen molar-refractivity contribution in [2.75, 3.05) is 11.4 Å². The molecule has 0 aromatic heterocycles. The lowest BCUT2D eigenvalue weighted by Crippen LogP contribution is -2.39. The minimum absolute atomic E-state index is 0.138. The van der Waals surface area contributed by atoms with Gasteiger partial charge in [-0.2, -0.15) is 0 Å². The van der Waals surface area contributed by atoms with Gasteiger partial charge in [0.1, 0.15) is 0 Å². The third kappa shape index (κ3) is 3.29. The summed E-state index contributed by atoms with van der Waals surface area (Å²) in [6, 6.07) is 18.0. The van der Waals surface area contributed by atoms with Crippen molar-refractivity contribution in [3.8, 4) is 0 Å². The summed E-state index contributed by atoms with van der Waals surface area (Å²) in [5, 5.41) is 0. The molecule has 1 heterocycles. The molecule has 2 aromatic rings. The highest BCUT2D eigenvalue weighted by Crippen LogP contribution is 2.49. The maximum absolute atomic E-state index is 2.71. The number of anilines is 1. The van der Waals surface area contributed by atoms with Crippen LogP contribution in [0.2, 0.25) is 0 Å². The van der Waals surface area contributed by atoms with Crippen LogP contribution in [-0.4, -0.2) is 12.1 Å². The summed E-state index contributed by atoms with van der Waals surface area (Å²) < 4.78 is 0. The normalized spacial score (nSPS) is 22.4. The van der Waals surface area contributed by atoms with Crippen LogP contribution in [0.25, 0.3) is 0 Å². The van der Waals surface area contributed by atoms with E-state index in [4.69, 9.17) is 0 Å². The Hall–Kier alpha value is -1.76. The first-order chi connectivity index (χ1) is 12.2. The van der Waals surface area contributed by atoms with Crippen LogP contribution in [0.4, 0.5) is 5.69 Å². The fourth-order valence-corrected chi connectivity index (χ4v) is 4.91. The number of rotatable bonds is 4. The second kappa shape index (κ2) is 6.76. The van der Waals surface area contributed by atoms with Gasteiger partial charge in [0, 0.05) is 23.2 Å². The SMILES string of the molecule is CC(C)c1cccc(C(C)C)c1N1C[C@](C)(c2ccccc2)CC1(C)C. The predicted molar refractivity (Wildman–Crippen MR) is 114 cm³/mol. The van der Waals surface area contributed by atoms with E-state index in [-0.39, 0.29) is 11.0 Å². The summed E-state index contributed by atoms with van der Waals surface area (Å²) in [7, 11) is 0. The average Bonchev–Trinajstić information content (AvgIpc) is 2.85. The fraction of sp³-hybridized carbons (Fsp3) is 0.520. The molecule has 0 N–H and O–H groups in total. The Morgan fingerprint density at radius 1 is 0.769 bits per heavy atom. The van der Waals surface area contributed by atoms with Crippen LogP contribution in [0.1, 0.15) is 83.4 Å². The molecule has 1 saturated heterocycles. The van der Waals surface area contributed by atoms with E-state index in [0.717, 1.165) is 6.54 Å². The molecule has 140 valence electrons. The van der Waals surface area contributed by atoms with Crippen molar-refractivity contribution in [2.45, 2.75) is 77.7 Å². The van der Waals surface area contributed by atoms with Crippen molar-refractivity contribution >= 4 is 5.69 Å². The van der Waals surface area contributed by atoms with E-state index in [1.165, 1.54) is 28.8 Å². The third-order valence-corrected chi connectivity index (χ3v) is 6.14. The molecule has 1 fully saturated rings. The van der Waals surface area contributed by atoms with E-state index in [0.29, 0.717) is 11.8 Å². The second-order valence-corrected chi connectivity index (χ2v) is 9.60. The molecule has 0 amide bonds. The van der Waals surface area contributed by atoms with Crippen LogP contribution in [-0.2, 0) is 5.41 Å². The highest BCUT2D eigenvalue weighted by atomic mass is 15.2. The Balaban J connectivity index is 2.13. The summed E-state index contributed by atoms with van der Waals surface area (Å²) >= 11 is 0. The maximum Gasteiger partial charge on any atom is 0.0441 e. The number of nitrogens with zero attached hydrogens (tertiary/aromatic N) is 1. The Labute approximate surface area is 160 Å². The zero-order valence-electron chi connectivity index (χ0n) is 17.6. The highest BCUT2D eigenvalue weighted by molar-refractivity contribution is 5.65. The molecule has 26 heavy (non-hydrogen) atoms. The third-order valence-electron chi connectivity index (χ3n) is 6.14. The first-order valence-electron chi connectivity index (χ1n) is 10.1. The minimum atomic E-state index is 0.138. The molecule has 1 atom stereocenters. The Morgan fingerprint density at radius 3 is 1.81 bits per heavy atom. The summed E-state index contributed by atoms with van der Waals surface area (Å²) in [4.78, 5) is 2.71. The monoisotopic (exact) mass is 349 g/mol. The molecule has 2 aromatic carbocycles. The van der Waals surface area contributed by atoms with Crippen LogP contribution in [0.3, 0.4) is 0 Å². The molecule has 1 heteroatoms. The zero-order chi connectivity index (χ0) is 19.1. The molecular formula is C25H35N. The Morgan fingerprint density at radius 2 is 1.31 bits per heavy atom. The molecule has 0 radical (unpaired) electrons. The maximum atomic E-state index is 2.71. The lowest BCUT2D eigenvalue weighted by atomic mass is 9.78. The average molecular weight is 350 g/mol. The fourth-order valence-electron chi connectivity index (χ4n) is 4.91.